The van der Waals surface area contributed by atoms with Crippen LogP contribution in [-0.4, -0.2) is 11.2 Å². The Hall–Kier alpha value is -1.97. The smallest absolute Gasteiger partial charge is 0.269 e. The lowest BCUT2D eigenvalue weighted by Gasteiger charge is -1.96. The van der Waals surface area contributed by atoms with E-state index in [0.29, 0.717) is 12.0 Å². The molecule has 4 heteroatoms. The zero-order valence-electron chi connectivity index (χ0n) is 8.34. The second kappa shape index (κ2) is 5.05. The van der Waals surface area contributed by atoms with Gasteiger partial charge in [0.15, 0.2) is 0 Å². The average Bonchev–Trinajstić information content (AvgIpc) is 2.26. The second-order valence-corrected chi connectivity index (χ2v) is 3.04. The standard InChI is InChI=1S/C11H11NO3/c1-2-9(8-13)7-10-3-5-11(6-4-10)12(14)15/h3-8H,2H2,1H3/b9-7+. The van der Waals surface area contributed by atoms with Crippen LogP contribution in [-0.2, 0) is 4.79 Å². The van der Waals surface area contributed by atoms with E-state index in [-0.39, 0.29) is 5.69 Å². The van der Waals surface area contributed by atoms with Crippen LogP contribution in [0.5, 0.6) is 0 Å². The molecule has 0 fully saturated rings. The quantitative estimate of drug-likeness (QED) is 0.328. The predicted octanol–water partition coefficient (Wildman–Crippen LogP) is 2.59. The van der Waals surface area contributed by atoms with Gasteiger partial charge in [-0.05, 0) is 35.8 Å². The minimum Gasteiger partial charge on any atom is -0.298 e. The van der Waals surface area contributed by atoms with Crippen LogP contribution in [0, 0.1) is 10.1 Å². The van der Waals surface area contributed by atoms with Crippen molar-refractivity contribution in [1.82, 2.24) is 0 Å². The van der Waals surface area contributed by atoms with Crippen LogP contribution in [0.3, 0.4) is 0 Å². The van der Waals surface area contributed by atoms with Crippen LogP contribution < -0.4 is 0 Å². The summed E-state index contributed by atoms with van der Waals surface area (Å²) in [6, 6.07) is 6.09. The van der Waals surface area contributed by atoms with Gasteiger partial charge in [-0.3, -0.25) is 14.9 Å². The zero-order valence-corrected chi connectivity index (χ0v) is 8.34. The lowest BCUT2D eigenvalue weighted by molar-refractivity contribution is -0.384. The Balaban J connectivity index is 2.94. The molecule has 0 saturated heterocycles. The first-order chi connectivity index (χ1) is 7.17. The molecule has 0 spiro atoms. The highest BCUT2D eigenvalue weighted by Crippen LogP contribution is 2.14. The van der Waals surface area contributed by atoms with Crippen molar-refractivity contribution in [3.05, 3.63) is 45.5 Å². The monoisotopic (exact) mass is 205 g/mol. The number of hydrogen-bond acceptors (Lipinski definition) is 3. The third kappa shape index (κ3) is 3.02. The predicted molar refractivity (Wildman–Crippen MR) is 57.4 cm³/mol. The number of carbonyl (C=O) groups excluding carboxylic acids is 1. The molecule has 0 aromatic heterocycles. The molecule has 0 heterocycles. The molecule has 0 unspecified atom stereocenters. The van der Waals surface area contributed by atoms with E-state index in [4.69, 9.17) is 0 Å². The van der Waals surface area contributed by atoms with Crippen molar-refractivity contribution < 1.29 is 9.72 Å². The Morgan fingerprint density at radius 1 is 1.40 bits per heavy atom. The second-order valence-electron chi connectivity index (χ2n) is 3.04. The third-order valence-corrected chi connectivity index (χ3v) is 2.02. The number of non-ortho nitro benzene ring substituents is 1. The van der Waals surface area contributed by atoms with Crippen molar-refractivity contribution in [2.24, 2.45) is 0 Å². The summed E-state index contributed by atoms with van der Waals surface area (Å²) in [4.78, 5) is 20.5. The molecule has 0 aliphatic carbocycles. The number of hydrogen-bond donors (Lipinski definition) is 0. The van der Waals surface area contributed by atoms with Gasteiger partial charge in [0.25, 0.3) is 5.69 Å². The van der Waals surface area contributed by atoms with E-state index in [1.165, 1.54) is 12.1 Å². The van der Waals surface area contributed by atoms with Gasteiger partial charge < -0.3 is 0 Å². The molecular weight excluding hydrogens is 194 g/mol. The fourth-order valence-electron chi connectivity index (χ4n) is 1.13. The van der Waals surface area contributed by atoms with Crippen molar-refractivity contribution in [3.63, 3.8) is 0 Å². The first kappa shape index (κ1) is 11.1. The number of rotatable bonds is 4. The summed E-state index contributed by atoms with van der Waals surface area (Å²) in [6.45, 7) is 1.88. The maximum atomic E-state index is 10.5. The highest BCUT2D eigenvalue weighted by Gasteiger charge is 2.02. The normalized spacial score (nSPS) is 11.1. The first-order valence-corrected chi connectivity index (χ1v) is 4.57. The fraction of sp³-hybridized carbons (Fsp3) is 0.182. The van der Waals surface area contributed by atoms with Gasteiger partial charge in [-0.1, -0.05) is 6.92 Å². The molecule has 78 valence electrons. The molecule has 0 radical (unpaired) electrons. The van der Waals surface area contributed by atoms with E-state index in [9.17, 15) is 14.9 Å². The Labute approximate surface area is 87.4 Å². The SMILES string of the molecule is CC/C(C=O)=C\c1ccc([N+](=O)[O-])cc1. The molecule has 1 rings (SSSR count). The summed E-state index contributed by atoms with van der Waals surface area (Å²) >= 11 is 0. The van der Waals surface area contributed by atoms with Gasteiger partial charge in [-0.15, -0.1) is 0 Å². The summed E-state index contributed by atoms with van der Waals surface area (Å²) in [5.41, 5.74) is 1.52. The summed E-state index contributed by atoms with van der Waals surface area (Å²) in [6.07, 6.45) is 3.17. The number of benzene rings is 1. The molecule has 0 N–H and O–H groups in total. The number of carbonyl (C=O) groups is 1. The number of aldehydes is 1. The van der Waals surface area contributed by atoms with Crippen molar-refractivity contribution in [2.75, 3.05) is 0 Å². The fourth-order valence-corrected chi connectivity index (χ4v) is 1.13. The minimum absolute atomic E-state index is 0.0521. The van der Waals surface area contributed by atoms with Crippen molar-refractivity contribution in [2.45, 2.75) is 13.3 Å². The van der Waals surface area contributed by atoms with Gasteiger partial charge in [0.05, 0.1) is 4.92 Å². The molecule has 0 aliphatic rings. The van der Waals surface area contributed by atoms with Crippen LogP contribution in [0.15, 0.2) is 29.8 Å². The van der Waals surface area contributed by atoms with Gasteiger partial charge in [0.1, 0.15) is 6.29 Å². The largest absolute Gasteiger partial charge is 0.298 e. The molecule has 4 nitrogen and oxygen atoms in total. The molecule has 0 aliphatic heterocycles. The number of allylic oxidation sites excluding steroid dienone is 1. The van der Waals surface area contributed by atoms with Crippen molar-refractivity contribution in [3.8, 4) is 0 Å². The van der Waals surface area contributed by atoms with Crippen LogP contribution in [0.25, 0.3) is 6.08 Å². The Morgan fingerprint density at radius 2 is 2.00 bits per heavy atom. The lowest BCUT2D eigenvalue weighted by Crippen LogP contribution is -1.87. The highest BCUT2D eigenvalue weighted by molar-refractivity contribution is 5.81. The van der Waals surface area contributed by atoms with Gasteiger partial charge >= 0.3 is 0 Å². The van der Waals surface area contributed by atoms with Crippen LogP contribution in [0.1, 0.15) is 18.9 Å². The Bertz CT molecular complexity index is 393. The average molecular weight is 205 g/mol. The van der Waals surface area contributed by atoms with Gasteiger partial charge in [-0.25, -0.2) is 0 Å². The van der Waals surface area contributed by atoms with Crippen LogP contribution in [0.2, 0.25) is 0 Å². The molecule has 0 saturated carbocycles. The maximum absolute atomic E-state index is 10.5. The zero-order chi connectivity index (χ0) is 11.3. The topological polar surface area (TPSA) is 60.2 Å². The van der Waals surface area contributed by atoms with Crippen LogP contribution in [0.4, 0.5) is 5.69 Å². The highest BCUT2D eigenvalue weighted by atomic mass is 16.6. The third-order valence-electron chi connectivity index (χ3n) is 2.02. The van der Waals surface area contributed by atoms with Gasteiger partial charge in [-0.2, -0.15) is 0 Å². The maximum Gasteiger partial charge on any atom is 0.269 e. The molecule has 0 bridgehead atoms. The van der Waals surface area contributed by atoms with Gasteiger partial charge in [0.2, 0.25) is 0 Å². The van der Waals surface area contributed by atoms with Gasteiger partial charge in [0, 0.05) is 12.1 Å². The van der Waals surface area contributed by atoms with E-state index in [0.717, 1.165) is 11.8 Å². The minimum atomic E-state index is -0.450. The molecule has 15 heavy (non-hydrogen) atoms. The lowest BCUT2D eigenvalue weighted by atomic mass is 10.1. The first-order valence-electron chi connectivity index (χ1n) is 4.57. The molecule has 0 amide bonds. The summed E-state index contributed by atoms with van der Waals surface area (Å²) in [5, 5.41) is 10.4. The molecular formula is C11H11NO3. The molecule has 1 aromatic rings. The summed E-state index contributed by atoms with van der Waals surface area (Å²) in [5.74, 6) is 0. The van der Waals surface area contributed by atoms with Crippen molar-refractivity contribution >= 4 is 18.0 Å². The van der Waals surface area contributed by atoms with E-state index in [1.807, 2.05) is 6.92 Å². The van der Waals surface area contributed by atoms with Crippen molar-refractivity contribution in [1.29, 1.82) is 0 Å². The van der Waals surface area contributed by atoms with Crippen LogP contribution >= 0.6 is 0 Å². The van der Waals surface area contributed by atoms with E-state index in [1.54, 1.807) is 18.2 Å². The van der Waals surface area contributed by atoms with E-state index >= 15 is 0 Å². The number of nitro groups is 1. The molecule has 0 atom stereocenters. The summed E-state index contributed by atoms with van der Waals surface area (Å²) < 4.78 is 0. The number of nitro benzene ring substituents is 1. The summed E-state index contributed by atoms with van der Waals surface area (Å²) in [7, 11) is 0. The van der Waals surface area contributed by atoms with E-state index in [2.05, 4.69) is 0 Å². The Morgan fingerprint density at radius 3 is 2.40 bits per heavy atom. The number of nitrogens with zero attached hydrogens (tertiary/aromatic N) is 1. The van der Waals surface area contributed by atoms with E-state index < -0.39 is 4.92 Å². The molecule has 1 aromatic carbocycles. The Kier molecular flexibility index (Phi) is 3.74.